The number of alkyl halides is 2. The van der Waals surface area contributed by atoms with Gasteiger partial charge in [-0.3, -0.25) is 0 Å². The van der Waals surface area contributed by atoms with Crippen molar-refractivity contribution in [2.45, 2.75) is 45.9 Å². The molecule has 0 saturated carbocycles. The standard InChI is InChI=1S/C13H19F2N2OP.C9H12O.C2H6.C2H4.CH2O/c1-16-9-3-4-11(13(14,15)19)12(7-9)18-10-5-6-17(2)8-10;1-7-4-5-9(10-3)8(2)6-7;3*1-2/h3-4,7,10,16H,5-6,8,19H2,1-2H3;4-6H,1-3H3;1-2H3;1-2H2;1H2/t10-;;;;/m1..../s1. The van der Waals surface area contributed by atoms with Gasteiger partial charge in [0.15, 0.2) is 0 Å². The van der Waals surface area contributed by atoms with Crippen LogP contribution in [0.3, 0.4) is 0 Å². The molecular weight excluding hydrogens is 469 g/mol. The van der Waals surface area contributed by atoms with Crippen molar-refractivity contribution in [1.82, 2.24) is 4.90 Å². The predicted molar refractivity (Wildman–Crippen MR) is 148 cm³/mol. The highest BCUT2D eigenvalue weighted by atomic mass is 31.0. The Bertz CT molecular complexity index is 846. The number of likely N-dealkylation sites (N-methyl/N-ethyl adjacent to an activating group) is 1. The van der Waals surface area contributed by atoms with Crippen LogP contribution >= 0.6 is 9.24 Å². The summed E-state index contributed by atoms with van der Waals surface area (Å²) < 4.78 is 38.0. The normalized spacial score (nSPS) is 14.3. The number of anilines is 1. The molecule has 3 rings (SSSR count). The maximum absolute atomic E-state index is 13.6. The lowest BCUT2D eigenvalue weighted by atomic mass is 10.1. The molecular formula is C27H43F2N2O3P. The second-order valence-corrected chi connectivity index (χ2v) is 8.07. The zero-order valence-electron chi connectivity index (χ0n) is 22.3. The van der Waals surface area contributed by atoms with E-state index < -0.39 is 5.66 Å². The molecule has 35 heavy (non-hydrogen) atoms. The van der Waals surface area contributed by atoms with Crippen molar-refractivity contribution in [2.75, 3.05) is 39.6 Å². The molecule has 1 fully saturated rings. The SMILES string of the molecule is C=C.C=O.CC.CNc1ccc(C(F)(F)P)c(O[C@@H]2CCN(C)C2)c1.COc1ccc(C)cc1C. The fourth-order valence-electron chi connectivity index (χ4n) is 3.25. The van der Waals surface area contributed by atoms with E-state index in [4.69, 9.17) is 14.3 Å². The van der Waals surface area contributed by atoms with Crippen molar-refractivity contribution >= 4 is 21.7 Å². The van der Waals surface area contributed by atoms with Crippen LogP contribution in [0.15, 0.2) is 49.6 Å². The number of nitrogens with one attached hydrogen (secondary N) is 1. The van der Waals surface area contributed by atoms with Gasteiger partial charge in [-0.25, -0.2) is 0 Å². The van der Waals surface area contributed by atoms with Crippen molar-refractivity contribution in [1.29, 1.82) is 0 Å². The van der Waals surface area contributed by atoms with Gasteiger partial charge in [0.05, 0.1) is 12.7 Å². The monoisotopic (exact) mass is 512 g/mol. The Balaban J connectivity index is 0. The Kier molecular flexibility index (Phi) is 18.6. The summed E-state index contributed by atoms with van der Waals surface area (Å²) in [6, 6.07) is 10.8. The summed E-state index contributed by atoms with van der Waals surface area (Å²) in [6.45, 7) is 17.8. The number of carbonyl (C=O) groups excluding carboxylic acids is 1. The molecule has 1 heterocycles. The van der Waals surface area contributed by atoms with Crippen LogP contribution in [-0.4, -0.2) is 52.1 Å². The first-order valence-electron chi connectivity index (χ1n) is 11.4. The lowest BCUT2D eigenvalue weighted by Gasteiger charge is -2.20. The van der Waals surface area contributed by atoms with Crippen LogP contribution in [0.25, 0.3) is 0 Å². The lowest BCUT2D eigenvalue weighted by Crippen LogP contribution is -2.22. The van der Waals surface area contributed by atoms with Crippen molar-refractivity contribution in [2.24, 2.45) is 0 Å². The highest BCUT2D eigenvalue weighted by Crippen LogP contribution is 2.42. The summed E-state index contributed by atoms with van der Waals surface area (Å²) >= 11 is 0. The van der Waals surface area contributed by atoms with Crippen LogP contribution in [0.1, 0.15) is 37.0 Å². The van der Waals surface area contributed by atoms with E-state index in [2.05, 4.69) is 36.4 Å². The lowest BCUT2D eigenvalue weighted by molar-refractivity contribution is -0.0980. The number of likely N-dealkylation sites (tertiary alicyclic amines) is 1. The van der Waals surface area contributed by atoms with Gasteiger partial charge < -0.3 is 24.5 Å². The molecule has 0 bridgehead atoms. The number of nitrogens with zero attached hydrogens (tertiary/aromatic N) is 1. The molecule has 5 nitrogen and oxygen atoms in total. The Hall–Kier alpha value is -2.50. The first-order valence-corrected chi connectivity index (χ1v) is 12.0. The van der Waals surface area contributed by atoms with E-state index in [1.165, 1.54) is 17.2 Å². The van der Waals surface area contributed by atoms with Gasteiger partial charge in [-0.05, 0) is 51.1 Å². The summed E-state index contributed by atoms with van der Waals surface area (Å²) in [5.41, 5.74) is 0.165. The number of methoxy groups -OCH3 is 1. The third-order valence-corrected chi connectivity index (χ3v) is 5.13. The molecule has 2 aromatic carbocycles. The molecule has 2 atom stereocenters. The number of hydrogen-bond donors (Lipinski definition) is 1. The first-order chi connectivity index (χ1) is 16.6. The predicted octanol–water partition coefficient (Wildman–Crippen LogP) is 6.69. The average molecular weight is 513 g/mol. The molecule has 2 aromatic rings. The van der Waals surface area contributed by atoms with Crippen LogP contribution in [0.4, 0.5) is 14.5 Å². The molecule has 0 amide bonds. The molecule has 198 valence electrons. The van der Waals surface area contributed by atoms with E-state index in [0.717, 1.165) is 30.9 Å². The van der Waals surface area contributed by atoms with Crippen molar-refractivity contribution < 1.29 is 23.0 Å². The number of aryl methyl sites for hydroxylation is 2. The molecule has 1 saturated heterocycles. The molecule has 1 aliphatic rings. The molecule has 0 aromatic heterocycles. The summed E-state index contributed by atoms with van der Waals surface area (Å²) in [5.74, 6) is 1.22. The van der Waals surface area contributed by atoms with Crippen molar-refractivity contribution in [3.63, 3.8) is 0 Å². The fourth-order valence-corrected chi connectivity index (χ4v) is 3.49. The Morgan fingerprint density at radius 3 is 2.11 bits per heavy atom. The van der Waals surface area contributed by atoms with E-state index in [-0.39, 0.29) is 17.4 Å². The highest BCUT2D eigenvalue weighted by molar-refractivity contribution is 7.17. The third kappa shape index (κ3) is 12.7. The summed E-state index contributed by atoms with van der Waals surface area (Å²) in [6.07, 6.45) is 0.838. The maximum atomic E-state index is 13.6. The van der Waals surface area contributed by atoms with Crippen LogP contribution in [0.5, 0.6) is 11.5 Å². The zero-order valence-corrected chi connectivity index (χ0v) is 23.4. The van der Waals surface area contributed by atoms with E-state index in [1.54, 1.807) is 35.5 Å². The fraction of sp³-hybridized carbons (Fsp3) is 0.444. The minimum Gasteiger partial charge on any atom is -0.496 e. The van der Waals surface area contributed by atoms with E-state index in [9.17, 15) is 8.78 Å². The van der Waals surface area contributed by atoms with Gasteiger partial charge in [-0.2, -0.15) is 8.78 Å². The van der Waals surface area contributed by atoms with Crippen LogP contribution in [0, 0.1) is 13.8 Å². The minimum absolute atomic E-state index is 0.0248. The third-order valence-electron chi connectivity index (χ3n) is 4.82. The topological polar surface area (TPSA) is 50.8 Å². The largest absolute Gasteiger partial charge is 0.496 e. The van der Waals surface area contributed by atoms with Gasteiger partial charge in [0.25, 0.3) is 5.66 Å². The molecule has 1 aliphatic heterocycles. The van der Waals surface area contributed by atoms with Crippen LogP contribution in [-0.2, 0) is 10.5 Å². The van der Waals surface area contributed by atoms with Gasteiger partial charge in [0.1, 0.15) is 24.4 Å². The van der Waals surface area contributed by atoms with Gasteiger partial charge >= 0.3 is 0 Å². The van der Waals surface area contributed by atoms with Gasteiger partial charge in [-0.15, -0.1) is 13.2 Å². The van der Waals surface area contributed by atoms with Crippen molar-refractivity contribution in [3.05, 3.63) is 66.2 Å². The highest BCUT2D eigenvalue weighted by Gasteiger charge is 2.31. The van der Waals surface area contributed by atoms with Crippen LogP contribution < -0.4 is 14.8 Å². The number of ether oxygens (including phenoxy) is 2. The number of hydrogen-bond acceptors (Lipinski definition) is 5. The number of rotatable bonds is 5. The number of carbonyl (C=O) groups is 1. The molecule has 0 radical (unpaired) electrons. The van der Waals surface area contributed by atoms with Gasteiger partial charge in [0, 0.05) is 31.9 Å². The maximum Gasteiger partial charge on any atom is 0.287 e. The number of benzene rings is 2. The number of halogens is 2. The van der Waals surface area contributed by atoms with Gasteiger partial charge in [-0.1, -0.05) is 40.8 Å². The Labute approximate surface area is 213 Å². The summed E-state index contributed by atoms with van der Waals surface area (Å²) in [4.78, 5) is 10.1. The molecule has 8 heteroatoms. The zero-order chi connectivity index (χ0) is 27.6. The second kappa shape index (κ2) is 18.8. The van der Waals surface area contributed by atoms with E-state index in [1.807, 2.05) is 46.7 Å². The van der Waals surface area contributed by atoms with Crippen molar-refractivity contribution in [3.8, 4) is 11.5 Å². The first kappa shape index (κ1) is 34.7. The van der Waals surface area contributed by atoms with E-state index in [0.29, 0.717) is 0 Å². The molecule has 0 spiro atoms. The molecule has 1 N–H and O–H groups in total. The quantitative estimate of drug-likeness (QED) is 0.357. The summed E-state index contributed by atoms with van der Waals surface area (Å²) in [5, 5.41) is 2.94. The Morgan fingerprint density at radius 2 is 1.69 bits per heavy atom. The van der Waals surface area contributed by atoms with Gasteiger partial charge in [0.2, 0.25) is 0 Å². The van der Waals surface area contributed by atoms with Crippen LogP contribution in [0.2, 0.25) is 0 Å². The smallest absolute Gasteiger partial charge is 0.287 e. The minimum atomic E-state index is -2.98. The van der Waals surface area contributed by atoms with E-state index >= 15 is 0 Å². The molecule has 1 unspecified atom stereocenters. The Morgan fingerprint density at radius 1 is 1.09 bits per heavy atom. The summed E-state index contributed by atoms with van der Waals surface area (Å²) in [7, 11) is 7.01. The second-order valence-electron chi connectivity index (χ2n) is 7.35. The molecule has 0 aliphatic carbocycles. The average Bonchev–Trinajstić information content (AvgIpc) is 3.27.